The lowest BCUT2D eigenvalue weighted by atomic mass is 10.1. The Hall–Kier alpha value is -4.85. The number of carbonyl (C=O) groups excluding carboxylic acids is 2. The van der Waals surface area contributed by atoms with Crippen LogP contribution in [-0.2, 0) is 17.6 Å². The molecule has 0 aliphatic carbocycles. The number of amidine groups is 1. The number of rotatable bonds is 9. The summed E-state index contributed by atoms with van der Waals surface area (Å²) in [5, 5.41) is 7.40. The van der Waals surface area contributed by atoms with E-state index in [0.29, 0.717) is 48.1 Å². The molecule has 228 valence electrons. The average Bonchev–Trinajstić information content (AvgIpc) is 3.60. The molecule has 3 aromatic carbocycles. The Morgan fingerprint density at radius 1 is 1.07 bits per heavy atom. The number of amides is 3. The summed E-state index contributed by atoms with van der Waals surface area (Å²) < 4.78 is 48.2. The first kappa shape index (κ1) is 30.6. The third-order valence-electron chi connectivity index (χ3n) is 6.33. The van der Waals surface area contributed by atoms with Crippen LogP contribution in [0.5, 0.6) is 11.5 Å². The number of halogens is 3. The van der Waals surface area contributed by atoms with E-state index >= 15 is 0 Å². The van der Waals surface area contributed by atoms with Gasteiger partial charge in [0.2, 0.25) is 5.91 Å². The maximum absolute atomic E-state index is 12.8. The second-order valence-electron chi connectivity index (χ2n) is 9.59. The first-order valence-electron chi connectivity index (χ1n) is 13.5. The molecule has 0 radical (unpaired) electrons. The van der Waals surface area contributed by atoms with Gasteiger partial charge in [-0.15, -0.1) is 13.2 Å². The number of alkyl halides is 3. The predicted octanol–water partition coefficient (Wildman–Crippen LogP) is 6.33. The highest BCUT2D eigenvalue weighted by atomic mass is 32.2. The second-order valence-corrected chi connectivity index (χ2v) is 10.5. The summed E-state index contributed by atoms with van der Waals surface area (Å²) in [4.78, 5) is 35.3. The molecule has 1 aromatic heterocycles. The number of nitrogens with one attached hydrogen (secondary N) is 1. The Balaban J connectivity index is 1.17. The number of thioether (sulfide) groups is 1. The minimum atomic E-state index is -4.75. The normalized spacial score (nSPS) is 14.2. The monoisotopic (exact) mass is 624 g/mol. The van der Waals surface area contributed by atoms with E-state index in [9.17, 15) is 22.8 Å². The van der Waals surface area contributed by atoms with Crippen LogP contribution >= 0.6 is 11.8 Å². The van der Waals surface area contributed by atoms with E-state index in [4.69, 9.17) is 4.74 Å². The molecule has 1 aliphatic heterocycles. The van der Waals surface area contributed by atoms with Crippen molar-refractivity contribution in [2.75, 3.05) is 22.6 Å². The van der Waals surface area contributed by atoms with E-state index in [2.05, 4.69) is 25.1 Å². The fraction of sp³-hybridized carbons (Fsp3) is 0.233. The lowest BCUT2D eigenvalue weighted by molar-refractivity contribution is -0.274. The average molecular weight is 625 g/mol. The zero-order chi connectivity index (χ0) is 31.3. The molecule has 0 saturated carbocycles. The van der Waals surface area contributed by atoms with Gasteiger partial charge in [-0.25, -0.2) is 14.5 Å². The molecule has 1 N–H and O–H groups in total. The standard InChI is InChI=1S/C30H27F3N6O4S/c1-3-42-25-14-4-19(2)16-24(25)39-27(40)17-44-29(39)36-28(41)35-21-8-5-20(6-9-21)7-15-26-34-18-38(37-26)22-10-12-23(13-11-22)43-30(31,32)33/h4-6,8-14,16,18H,3,7,15,17H2,1-2H3,(H,35,41). The van der Waals surface area contributed by atoms with Crippen molar-refractivity contribution >= 4 is 40.2 Å². The molecule has 44 heavy (non-hydrogen) atoms. The fourth-order valence-electron chi connectivity index (χ4n) is 4.35. The van der Waals surface area contributed by atoms with E-state index in [0.717, 1.165) is 11.1 Å². The van der Waals surface area contributed by atoms with Crippen LogP contribution in [-0.4, -0.2) is 50.6 Å². The van der Waals surface area contributed by atoms with Gasteiger partial charge >= 0.3 is 12.4 Å². The molecule has 2 heterocycles. The molecular formula is C30H27F3N6O4S. The van der Waals surface area contributed by atoms with Crippen molar-refractivity contribution in [2.45, 2.75) is 33.1 Å². The highest BCUT2D eigenvalue weighted by molar-refractivity contribution is 8.15. The van der Waals surface area contributed by atoms with Crippen molar-refractivity contribution in [3.63, 3.8) is 0 Å². The van der Waals surface area contributed by atoms with E-state index in [1.54, 1.807) is 18.2 Å². The number of nitrogens with zero attached hydrogens (tertiary/aromatic N) is 5. The summed E-state index contributed by atoms with van der Waals surface area (Å²) in [7, 11) is 0. The van der Waals surface area contributed by atoms with Crippen LogP contribution in [0, 0.1) is 6.92 Å². The quantitative estimate of drug-likeness (QED) is 0.232. The third kappa shape index (κ3) is 7.75. The van der Waals surface area contributed by atoms with E-state index in [1.165, 1.54) is 51.9 Å². The highest BCUT2D eigenvalue weighted by Crippen LogP contribution is 2.35. The molecule has 0 bridgehead atoms. The predicted molar refractivity (Wildman–Crippen MR) is 161 cm³/mol. The number of aryl methyl sites for hydroxylation is 3. The molecule has 0 unspecified atom stereocenters. The van der Waals surface area contributed by atoms with Gasteiger partial charge in [0.25, 0.3) is 0 Å². The van der Waals surface area contributed by atoms with Crippen molar-refractivity contribution in [2.24, 2.45) is 4.99 Å². The fourth-order valence-corrected chi connectivity index (χ4v) is 5.21. The van der Waals surface area contributed by atoms with Gasteiger partial charge in [0.15, 0.2) is 11.0 Å². The molecule has 10 nitrogen and oxygen atoms in total. The summed E-state index contributed by atoms with van der Waals surface area (Å²) in [5.74, 6) is 0.749. The summed E-state index contributed by atoms with van der Waals surface area (Å²) >= 11 is 1.18. The molecule has 1 fully saturated rings. The first-order chi connectivity index (χ1) is 21.1. The van der Waals surface area contributed by atoms with Crippen molar-refractivity contribution in [3.05, 3.63) is 90.0 Å². The number of carbonyl (C=O) groups is 2. The second kappa shape index (κ2) is 13.2. The molecule has 0 atom stereocenters. The maximum Gasteiger partial charge on any atom is 0.573 e. The Labute approximate surface area is 254 Å². The molecule has 5 rings (SSSR count). The summed E-state index contributed by atoms with van der Waals surface area (Å²) in [6.45, 7) is 4.19. The number of aliphatic imine (C=N–C) groups is 1. The Kier molecular flexibility index (Phi) is 9.18. The van der Waals surface area contributed by atoms with Gasteiger partial charge in [-0.1, -0.05) is 30.0 Å². The van der Waals surface area contributed by atoms with Gasteiger partial charge in [0.05, 0.1) is 23.7 Å². The molecule has 1 aliphatic rings. The van der Waals surface area contributed by atoms with E-state index in [1.807, 2.05) is 38.1 Å². The molecule has 0 spiro atoms. The number of urea groups is 1. The minimum Gasteiger partial charge on any atom is -0.492 e. The van der Waals surface area contributed by atoms with Crippen molar-refractivity contribution in [3.8, 4) is 17.2 Å². The van der Waals surface area contributed by atoms with Crippen LogP contribution in [0.4, 0.5) is 29.3 Å². The van der Waals surface area contributed by atoms with Crippen molar-refractivity contribution in [1.29, 1.82) is 0 Å². The van der Waals surface area contributed by atoms with Crippen molar-refractivity contribution in [1.82, 2.24) is 14.8 Å². The lowest BCUT2D eigenvalue weighted by Gasteiger charge is -2.20. The number of anilines is 2. The van der Waals surface area contributed by atoms with E-state index < -0.39 is 12.4 Å². The van der Waals surface area contributed by atoms with Crippen molar-refractivity contribution < 1.29 is 32.2 Å². The number of aromatic nitrogens is 3. The van der Waals surface area contributed by atoms with Crippen LogP contribution in [0.15, 0.2) is 78.0 Å². The Bertz CT molecular complexity index is 1670. The van der Waals surface area contributed by atoms with Crippen LogP contribution < -0.4 is 19.7 Å². The molecule has 1 saturated heterocycles. The molecule has 4 aromatic rings. The zero-order valence-electron chi connectivity index (χ0n) is 23.7. The highest BCUT2D eigenvalue weighted by Gasteiger charge is 2.33. The van der Waals surface area contributed by atoms with Gasteiger partial charge in [-0.2, -0.15) is 10.1 Å². The van der Waals surface area contributed by atoms with Crippen LogP contribution in [0.2, 0.25) is 0 Å². The topological polar surface area (TPSA) is 111 Å². The molecular weight excluding hydrogens is 597 g/mol. The van der Waals surface area contributed by atoms with Gasteiger partial charge in [-0.05, 0) is 79.9 Å². The van der Waals surface area contributed by atoms with Crippen LogP contribution in [0.25, 0.3) is 5.69 Å². The number of ether oxygens (including phenoxy) is 2. The first-order valence-corrected chi connectivity index (χ1v) is 14.5. The summed E-state index contributed by atoms with van der Waals surface area (Å²) in [6.07, 6.45) is -2.13. The Morgan fingerprint density at radius 3 is 2.52 bits per heavy atom. The van der Waals surface area contributed by atoms with Gasteiger partial charge in [0, 0.05) is 12.1 Å². The van der Waals surface area contributed by atoms with E-state index in [-0.39, 0.29) is 22.6 Å². The number of hydrogen-bond acceptors (Lipinski definition) is 7. The smallest absolute Gasteiger partial charge is 0.492 e. The number of benzene rings is 3. The summed E-state index contributed by atoms with van der Waals surface area (Å²) in [6, 6.07) is 17.5. The lowest BCUT2D eigenvalue weighted by Crippen LogP contribution is -2.30. The van der Waals surface area contributed by atoms with Gasteiger partial charge < -0.3 is 14.8 Å². The largest absolute Gasteiger partial charge is 0.573 e. The Morgan fingerprint density at radius 2 is 1.82 bits per heavy atom. The van der Waals surface area contributed by atoms with Crippen LogP contribution in [0.3, 0.4) is 0 Å². The molecule has 3 amide bonds. The zero-order valence-corrected chi connectivity index (χ0v) is 24.5. The SMILES string of the molecule is CCOc1ccc(C)cc1N1C(=O)CSC1=NC(=O)Nc1ccc(CCc2ncn(-c3ccc(OC(F)(F)F)cc3)n2)cc1. The minimum absolute atomic E-state index is 0.163. The third-order valence-corrected chi connectivity index (χ3v) is 7.26. The van der Waals surface area contributed by atoms with Gasteiger partial charge in [0.1, 0.15) is 17.8 Å². The van der Waals surface area contributed by atoms with Gasteiger partial charge in [-0.3, -0.25) is 9.69 Å². The van der Waals surface area contributed by atoms with Crippen LogP contribution in [0.1, 0.15) is 23.9 Å². The number of hydrogen-bond donors (Lipinski definition) is 1. The summed E-state index contributed by atoms with van der Waals surface area (Å²) in [5.41, 5.74) is 3.54. The maximum atomic E-state index is 12.8. The molecule has 14 heteroatoms.